The highest BCUT2D eigenvalue weighted by Gasteiger charge is 2.41. The lowest BCUT2D eigenvalue weighted by molar-refractivity contribution is -0.143. The first kappa shape index (κ1) is 15.1. The van der Waals surface area contributed by atoms with Crippen LogP contribution in [0.3, 0.4) is 0 Å². The summed E-state index contributed by atoms with van der Waals surface area (Å²) < 4.78 is 40.2. The first-order valence-corrected chi connectivity index (χ1v) is 6.21. The first-order valence-electron chi connectivity index (χ1n) is 6.21. The zero-order chi connectivity index (χ0) is 15.8. The fourth-order valence-corrected chi connectivity index (χ4v) is 2.13. The summed E-state index contributed by atoms with van der Waals surface area (Å²) in [6.45, 7) is 3.68. The molecular weight excluding hydrogens is 285 g/mol. The third-order valence-corrected chi connectivity index (χ3v) is 3.06. The van der Waals surface area contributed by atoms with Gasteiger partial charge in [-0.3, -0.25) is 0 Å². The maximum Gasteiger partial charge on any atom is 0.434 e. The van der Waals surface area contributed by atoms with Gasteiger partial charge in [-0.05, 0) is 17.5 Å². The zero-order valence-corrected chi connectivity index (χ0v) is 11.3. The first-order chi connectivity index (χ1) is 9.73. The van der Waals surface area contributed by atoms with Gasteiger partial charge < -0.3 is 5.11 Å². The van der Waals surface area contributed by atoms with E-state index in [1.165, 1.54) is 6.07 Å². The van der Waals surface area contributed by atoms with Crippen molar-refractivity contribution in [1.82, 2.24) is 9.78 Å². The molecule has 21 heavy (non-hydrogen) atoms. The Hall–Kier alpha value is -2.31. The van der Waals surface area contributed by atoms with Crippen LogP contribution in [0.4, 0.5) is 13.2 Å². The van der Waals surface area contributed by atoms with Crippen LogP contribution in [0.5, 0.6) is 0 Å². The molecule has 4 nitrogen and oxygen atoms in total. The molecule has 0 fully saturated rings. The molecule has 1 aromatic carbocycles. The smallest absolute Gasteiger partial charge is 0.434 e. The molecule has 0 radical (unpaired) electrons. The van der Waals surface area contributed by atoms with E-state index in [1.54, 1.807) is 18.2 Å². The summed E-state index contributed by atoms with van der Waals surface area (Å²) in [7, 11) is 0. The number of halogens is 3. The number of carboxylic acid groups (broad SMARTS) is 1. The number of rotatable bonds is 3. The summed E-state index contributed by atoms with van der Waals surface area (Å²) in [6.07, 6.45) is -4.09. The average Bonchev–Trinajstić information content (AvgIpc) is 2.83. The molecule has 0 atom stereocenters. The maximum absolute atomic E-state index is 13.2. The molecule has 1 N–H and O–H groups in total. The van der Waals surface area contributed by atoms with Crippen LogP contribution in [0.2, 0.25) is 0 Å². The Morgan fingerprint density at radius 1 is 1.29 bits per heavy atom. The molecule has 0 aliphatic carbocycles. The monoisotopic (exact) mass is 298 g/mol. The molecule has 0 aliphatic heterocycles. The van der Waals surface area contributed by atoms with E-state index >= 15 is 0 Å². The summed E-state index contributed by atoms with van der Waals surface area (Å²) in [5, 5.41) is 12.5. The Morgan fingerprint density at radius 2 is 1.90 bits per heavy atom. The van der Waals surface area contributed by atoms with Crippen LogP contribution >= 0.6 is 0 Å². The van der Waals surface area contributed by atoms with E-state index in [-0.39, 0.29) is 11.6 Å². The minimum absolute atomic E-state index is 0.0280. The SMILES string of the molecule is CC(C)c1ccccc1-n1ncc(C(=O)O)c1C(F)(F)F. The quantitative estimate of drug-likeness (QED) is 0.939. The third kappa shape index (κ3) is 2.76. The van der Waals surface area contributed by atoms with Crippen LogP contribution in [0.25, 0.3) is 5.69 Å². The summed E-state index contributed by atoms with van der Waals surface area (Å²) in [5.74, 6) is -1.68. The van der Waals surface area contributed by atoms with Crippen LogP contribution in [0, 0.1) is 0 Å². The Balaban J connectivity index is 2.74. The lowest BCUT2D eigenvalue weighted by Crippen LogP contribution is -2.18. The van der Waals surface area contributed by atoms with Gasteiger partial charge in [0.1, 0.15) is 5.56 Å². The standard InChI is InChI=1S/C14H13F3N2O2/c1-8(2)9-5-3-4-6-11(9)19-12(14(15,16)17)10(7-18-19)13(20)21/h3-8H,1-2H3,(H,20,21). The molecule has 0 unspecified atom stereocenters. The molecular formula is C14H13F3N2O2. The summed E-state index contributed by atoms with van der Waals surface area (Å²) >= 11 is 0. The van der Waals surface area contributed by atoms with Crippen LogP contribution in [0.15, 0.2) is 30.5 Å². The Labute approximate surface area is 118 Å². The number of benzene rings is 1. The summed E-state index contributed by atoms with van der Waals surface area (Å²) in [5.41, 5.74) is -1.25. The summed E-state index contributed by atoms with van der Waals surface area (Å²) in [6, 6.07) is 6.49. The second-order valence-corrected chi connectivity index (χ2v) is 4.84. The molecule has 1 aromatic heterocycles. The topological polar surface area (TPSA) is 55.1 Å². The molecule has 0 aliphatic rings. The van der Waals surface area contributed by atoms with Crippen molar-refractivity contribution >= 4 is 5.97 Å². The molecule has 0 spiro atoms. The number of hydrogen-bond acceptors (Lipinski definition) is 2. The van der Waals surface area contributed by atoms with Gasteiger partial charge in [0.2, 0.25) is 0 Å². The van der Waals surface area contributed by atoms with E-state index < -0.39 is 23.4 Å². The second-order valence-electron chi connectivity index (χ2n) is 4.84. The van der Waals surface area contributed by atoms with Crippen molar-refractivity contribution in [2.45, 2.75) is 25.9 Å². The van der Waals surface area contributed by atoms with Crippen LogP contribution in [-0.4, -0.2) is 20.9 Å². The number of para-hydroxylation sites is 1. The molecule has 0 saturated heterocycles. The van der Waals surface area contributed by atoms with Crippen molar-refractivity contribution in [2.75, 3.05) is 0 Å². The van der Waals surface area contributed by atoms with Gasteiger partial charge in [0.15, 0.2) is 5.69 Å². The van der Waals surface area contributed by atoms with Gasteiger partial charge in [-0.15, -0.1) is 0 Å². The number of hydrogen-bond donors (Lipinski definition) is 1. The fraction of sp³-hybridized carbons (Fsp3) is 0.286. The second kappa shape index (κ2) is 5.23. The van der Waals surface area contributed by atoms with Crippen LogP contribution < -0.4 is 0 Å². The van der Waals surface area contributed by atoms with Gasteiger partial charge in [0.25, 0.3) is 0 Å². The van der Waals surface area contributed by atoms with Crippen molar-refractivity contribution in [3.8, 4) is 5.69 Å². The fourth-order valence-electron chi connectivity index (χ4n) is 2.13. The van der Waals surface area contributed by atoms with Crippen LogP contribution in [0.1, 0.15) is 41.4 Å². The number of aromatic nitrogens is 2. The normalized spacial score (nSPS) is 11.9. The van der Waals surface area contributed by atoms with Crippen molar-refractivity contribution in [3.05, 3.63) is 47.3 Å². The average molecular weight is 298 g/mol. The highest BCUT2D eigenvalue weighted by molar-refractivity contribution is 5.89. The van der Waals surface area contributed by atoms with E-state index in [2.05, 4.69) is 5.10 Å². The predicted octanol–water partition coefficient (Wildman–Crippen LogP) is 3.71. The Morgan fingerprint density at radius 3 is 2.43 bits per heavy atom. The van der Waals surface area contributed by atoms with Gasteiger partial charge in [0, 0.05) is 0 Å². The molecule has 2 aromatic rings. The van der Waals surface area contributed by atoms with Gasteiger partial charge in [-0.1, -0.05) is 32.0 Å². The van der Waals surface area contributed by atoms with Crippen LogP contribution in [-0.2, 0) is 6.18 Å². The molecule has 0 saturated carbocycles. The lowest BCUT2D eigenvalue weighted by atomic mass is 10.0. The number of carboxylic acids is 1. The molecule has 0 amide bonds. The third-order valence-electron chi connectivity index (χ3n) is 3.06. The van der Waals surface area contributed by atoms with Crippen molar-refractivity contribution in [1.29, 1.82) is 0 Å². The molecule has 7 heteroatoms. The van der Waals surface area contributed by atoms with Gasteiger partial charge in [-0.25, -0.2) is 9.48 Å². The molecule has 1 heterocycles. The zero-order valence-electron chi connectivity index (χ0n) is 11.3. The molecule has 2 rings (SSSR count). The molecule has 0 bridgehead atoms. The summed E-state index contributed by atoms with van der Waals surface area (Å²) in [4.78, 5) is 11.0. The van der Waals surface area contributed by atoms with E-state index in [0.29, 0.717) is 10.2 Å². The van der Waals surface area contributed by atoms with E-state index in [0.717, 1.165) is 6.20 Å². The minimum Gasteiger partial charge on any atom is -0.478 e. The maximum atomic E-state index is 13.2. The van der Waals surface area contributed by atoms with E-state index in [1.807, 2.05) is 13.8 Å². The van der Waals surface area contributed by atoms with Crippen molar-refractivity contribution in [2.24, 2.45) is 0 Å². The highest BCUT2D eigenvalue weighted by atomic mass is 19.4. The van der Waals surface area contributed by atoms with E-state index in [4.69, 9.17) is 5.11 Å². The van der Waals surface area contributed by atoms with Gasteiger partial charge >= 0.3 is 12.1 Å². The highest BCUT2D eigenvalue weighted by Crippen LogP contribution is 2.35. The number of aromatic carboxylic acids is 1. The molecule has 112 valence electrons. The Kier molecular flexibility index (Phi) is 3.76. The minimum atomic E-state index is -4.81. The predicted molar refractivity (Wildman–Crippen MR) is 69.6 cm³/mol. The van der Waals surface area contributed by atoms with Crippen molar-refractivity contribution < 1.29 is 23.1 Å². The number of carbonyl (C=O) groups is 1. The lowest BCUT2D eigenvalue weighted by Gasteiger charge is -2.16. The van der Waals surface area contributed by atoms with Gasteiger partial charge in [-0.2, -0.15) is 18.3 Å². The van der Waals surface area contributed by atoms with Crippen molar-refractivity contribution in [3.63, 3.8) is 0 Å². The number of nitrogens with zero attached hydrogens (tertiary/aromatic N) is 2. The number of alkyl halides is 3. The van der Waals surface area contributed by atoms with Gasteiger partial charge in [0.05, 0.1) is 11.9 Å². The van der Waals surface area contributed by atoms with E-state index in [9.17, 15) is 18.0 Å². The Bertz CT molecular complexity index is 675. The largest absolute Gasteiger partial charge is 0.478 e.